The normalized spacial score (nSPS) is 10.5. The van der Waals surface area contributed by atoms with Gasteiger partial charge in [0.15, 0.2) is 11.5 Å². The topological polar surface area (TPSA) is 151 Å². The van der Waals surface area contributed by atoms with Crippen LogP contribution >= 0.6 is 0 Å². The fourth-order valence-electron chi connectivity index (χ4n) is 3.27. The number of nitrogen functional groups attached to an aromatic ring is 2. The average molecular weight is 424 g/mol. The van der Waals surface area contributed by atoms with Crippen molar-refractivity contribution in [2.75, 3.05) is 31.0 Å². The number of aromatic nitrogens is 2. The summed E-state index contributed by atoms with van der Waals surface area (Å²) in [5, 5.41) is 14.8. The number of hydrogen-bond acceptors (Lipinski definition) is 9. The van der Waals surface area contributed by atoms with E-state index in [1.165, 1.54) is 6.07 Å². The minimum Gasteiger partial charge on any atom is -0.493 e. The first-order valence-electron chi connectivity index (χ1n) is 9.53. The highest BCUT2D eigenvalue weighted by Gasteiger charge is 2.19. The standard InChI is InChI=1S/C21H24N6O4/c1-4-14-19(25-21(23)26-20(14)22)13-6-7-15(16(10-13)27(28)29)24-11-12-5-8-17(30-2)18(9-12)31-3/h5-10,24H,4,11H2,1-3H3,(H4,22,23,25,26). The number of methoxy groups -OCH3 is 2. The van der Waals surface area contributed by atoms with Gasteiger partial charge >= 0.3 is 0 Å². The largest absolute Gasteiger partial charge is 0.493 e. The summed E-state index contributed by atoms with van der Waals surface area (Å²) in [6, 6.07) is 10.3. The zero-order valence-electron chi connectivity index (χ0n) is 17.5. The highest BCUT2D eigenvalue weighted by atomic mass is 16.6. The van der Waals surface area contributed by atoms with Gasteiger partial charge in [-0.05, 0) is 30.2 Å². The summed E-state index contributed by atoms with van der Waals surface area (Å²) in [4.78, 5) is 19.5. The second kappa shape index (κ2) is 9.16. The van der Waals surface area contributed by atoms with Crippen LogP contribution in [-0.2, 0) is 13.0 Å². The Morgan fingerprint density at radius 1 is 1.06 bits per heavy atom. The lowest BCUT2D eigenvalue weighted by atomic mass is 10.0. The van der Waals surface area contributed by atoms with Crippen LogP contribution in [0.1, 0.15) is 18.1 Å². The molecule has 0 atom stereocenters. The zero-order valence-corrected chi connectivity index (χ0v) is 17.5. The van der Waals surface area contributed by atoms with Gasteiger partial charge < -0.3 is 26.3 Å². The van der Waals surface area contributed by atoms with Crippen LogP contribution < -0.4 is 26.3 Å². The number of benzene rings is 2. The first kappa shape index (κ1) is 21.6. The minimum absolute atomic E-state index is 0.0167. The second-order valence-electron chi connectivity index (χ2n) is 6.68. The van der Waals surface area contributed by atoms with Gasteiger partial charge in [0.05, 0.1) is 24.8 Å². The molecular weight excluding hydrogens is 400 g/mol. The molecule has 3 rings (SSSR count). The quantitative estimate of drug-likeness (QED) is 0.365. The Bertz CT molecular complexity index is 1120. The third-order valence-electron chi connectivity index (χ3n) is 4.81. The van der Waals surface area contributed by atoms with Gasteiger partial charge in [0.1, 0.15) is 11.5 Å². The molecule has 0 bridgehead atoms. The molecule has 0 amide bonds. The summed E-state index contributed by atoms with van der Waals surface area (Å²) in [5.41, 5.74) is 14.6. The minimum atomic E-state index is -0.444. The average Bonchev–Trinajstić information content (AvgIpc) is 2.76. The monoisotopic (exact) mass is 424 g/mol. The van der Waals surface area contributed by atoms with Gasteiger partial charge in [-0.2, -0.15) is 4.98 Å². The van der Waals surface area contributed by atoms with Crippen LogP contribution in [0.25, 0.3) is 11.3 Å². The molecule has 0 aliphatic carbocycles. The van der Waals surface area contributed by atoms with Crippen molar-refractivity contribution in [3.05, 3.63) is 57.6 Å². The molecule has 0 spiro atoms. The van der Waals surface area contributed by atoms with Crippen molar-refractivity contribution in [3.63, 3.8) is 0 Å². The van der Waals surface area contributed by atoms with Gasteiger partial charge in [-0.15, -0.1) is 0 Å². The summed E-state index contributed by atoms with van der Waals surface area (Å²) in [6.45, 7) is 2.26. The van der Waals surface area contributed by atoms with E-state index in [1.807, 2.05) is 19.1 Å². The second-order valence-corrected chi connectivity index (χ2v) is 6.68. The fraction of sp³-hybridized carbons (Fsp3) is 0.238. The number of nitrogens with two attached hydrogens (primary N) is 2. The van der Waals surface area contributed by atoms with E-state index in [2.05, 4.69) is 15.3 Å². The lowest BCUT2D eigenvalue weighted by molar-refractivity contribution is -0.383. The summed E-state index contributed by atoms with van der Waals surface area (Å²) in [5.74, 6) is 1.47. The van der Waals surface area contributed by atoms with Crippen molar-refractivity contribution in [2.24, 2.45) is 0 Å². The lowest BCUT2D eigenvalue weighted by Crippen LogP contribution is -2.07. The molecule has 0 saturated heterocycles. The van der Waals surface area contributed by atoms with Crippen LogP contribution in [0.3, 0.4) is 0 Å². The Hall–Kier alpha value is -4.08. The molecule has 10 heteroatoms. The molecule has 10 nitrogen and oxygen atoms in total. The summed E-state index contributed by atoms with van der Waals surface area (Å²) < 4.78 is 10.5. The van der Waals surface area contributed by atoms with Crippen LogP contribution in [0, 0.1) is 10.1 Å². The molecule has 31 heavy (non-hydrogen) atoms. The molecule has 0 unspecified atom stereocenters. The van der Waals surface area contributed by atoms with Crippen molar-refractivity contribution in [2.45, 2.75) is 19.9 Å². The van der Waals surface area contributed by atoms with E-state index in [-0.39, 0.29) is 17.5 Å². The van der Waals surface area contributed by atoms with Crippen LogP contribution in [-0.4, -0.2) is 29.1 Å². The number of anilines is 3. The molecule has 5 N–H and O–H groups in total. The molecule has 2 aromatic carbocycles. The molecule has 162 valence electrons. The van der Waals surface area contributed by atoms with E-state index < -0.39 is 4.92 Å². The molecule has 1 aromatic heterocycles. The Balaban J connectivity index is 1.93. The van der Waals surface area contributed by atoms with E-state index in [1.54, 1.807) is 32.4 Å². The Morgan fingerprint density at radius 3 is 2.45 bits per heavy atom. The lowest BCUT2D eigenvalue weighted by Gasteiger charge is -2.13. The number of nitrogens with one attached hydrogen (secondary N) is 1. The molecule has 0 saturated carbocycles. The summed E-state index contributed by atoms with van der Waals surface area (Å²) in [6.07, 6.45) is 0.564. The third-order valence-corrected chi connectivity index (χ3v) is 4.81. The first-order valence-corrected chi connectivity index (χ1v) is 9.53. The van der Waals surface area contributed by atoms with E-state index in [0.29, 0.717) is 47.0 Å². The maximum Gasteiger partial charge on any atom is 0.292 e. The molecule has 0 aliphatic heterocycles. The summed E-state index contributed by atoms with van der Waals surface area (Å²) >= 11 is 0. The maximum atomic E-state index is 11.7. The molecular formula is C21H24N6O4. The number of hydrogen-bond donors (Lipinski definition) is 3. The third kappa shape index (κ3) is 4.58. The number of nitrogens with zero attached hydrogens (tertiary/aromatic N) is 3. The van der Waals surface area contributed by atoms with Crippen LogP contribution in [0.15, 0.2) is 36.4 Å². The van der Waals surface area contributed by atoms with Gasteiger partial charge in [-0.25, -0.2) is 4.98 Å². The molecule has 3 aromatic rings. The van der Waals surface area contributed by atoms with E-state index in [4.69, 9.17) is 20.9 Å². The molecule has 1 heterocycles. The van der Waals surface area contributed by atoms with Crippen LogP contribution in [0.5, 0.6) is 11.5 Å². The van der Waals surface area contributed by atoms with Gasteiger partial charge in [-0.3, -0.25) is 10.1 Å². The highest BCUT2D eigenvalue weighted by Crippen LogP contribution is 2.34. The predicted octanol–water partition coefficient (Wildman–Crippen LogP) is 3.41. The first-order chi connectivity index (χ1) is 14.9. The van der Waals surface area contributed by atoms with E-state index in [9.17, 15) is 10.1 Å². The van der Waals surface area contributed by atoms with E-state index >= 15 is 0 Å². The maximum absolute atomic E-state index is 11.7. The van der Waals surface area contributed by atoms with Gasteiger partial charge in [-0.1, -0.05) is 19.1 Å². The SMILES string of the molecule is CCc1c(N)nc(N)nc1-c1ccc(NCc2ccc(OC)c(OC)c2)c([N+](=O)[O-])c1. The molecule has 0 radical (unpaired) electrons. The van der Waals surface area contributed by atoms with Crippen molar-refractivity contribution in [1.29, 1.82) is 0 Å². The van der Waals surface area contributed by atoms with Crippen molar-refractivity contribution in [3.8, 4) is 22.8 Å². The predicted molar refractivity (Wildman–Crippen MR) is 119 cm³/mol. The van der Waals surface area contributed by atoms with Gasteiger partial charge in [0.2, 0.25) is 5.95 Å². The number of rotatable bonds is 8. The Morgan fingerprint density at radius 2 is 1.81 bits per heavy atom. The van der Waals surface area contributed by atoms with Crippen molar-refractivity contribution >= 4 is 23.1 Å². The Labute approximate surface area is 179 Å². The number of ether oxygens (including phenoxy) is 2. The van der Waals surface area contributed by atoms with Gasteiger partial charge in [0, 0.05) is 23.7 Å². The van der Waals surface area contributed by atoms with Crippen molar-refractivity contribution < 1.29 is 14.4 Å². The summed E-state index contributed by atoms with van der Waals surface area (Å²) in [7, 11) is 3.11. The van der Waals surface area contributed by atoms with Crippen LogP contribution in [0.2, 0.25) is 0 Å². The zero-order chi connectivity index (χ0) is 22.5. The molecule has 0 aliphatic rings. The number of nitro benzene ring substituents is 1. The highest BCUT2D eigenvalue weighted by molar-refractivity contribution is 5.75. The fourth-order valence-corrected chi connectivity index (χ4v) is 3.27. The Kier molecular flexibility index (Phi) is 6.39. The van der Waals surface area contributed by atoms with Gasteiger partial charge in [0.25, 0.3) is 5.69 Å². The smallest absolute Gasteiger partial charge is 0.292 e. The van der Waals surface area contributed by atoms with Crippen molar-refractivity contribution in [1.82, 2.24) is 9.97 Å². The number of nitro groups is 1. The van der Waals surface area contributed by atoms with E-state index in [0.717, 1.165) is 5.56 Å². The van der Waals surface area contributed by atoms with Crippen LogP contribution in [0.4, 0.5) is 23.1 Å². The molecule has 0 fully saturated rings.